The Kier molecular flexibility index (Phi) is 5.91. The summed E-state index contributed by atoms with van der Waals surface area (Å²) in [5, 5.41) is 1.49. The molecule has 0 bridgehead atoms. The molecule has 1 aromatic rings. The highest BCUT2D eigenvalue weighted by Gasteiger charge is 2.27. The number of hydrogen-bond donors (Lipinski definition) is 0. The van der Waals surface area contributed by atoms with E-state index in [0.717, 1.165) is 30.7 Å². The van der Waals surface area contributed by atoms with Crippen LogP contribution in [-0.4, -0.2) is 35.0 Å². The molecule has 0 aliphatic carbocycles. The van der Waals surface area contributed by atoms with Gasteiger partial charge in [0.25, 0.3) is 5.91 Å². The summed E-state index contributed by atoms with van der Waals surface area (Å²) < 4.78 is 0. The highest BCUT2D eigenvalue weighted by molar-refractivity contribution is 6.34. The van der Waals surface area contributed by atoms with Crippen LogP contribution in [0.3, 0.4) is 0 Å². The summed E-state index contributed by atoms with van der Waals surface area (Å²) in [6, 6.07) is 4.09. The van der Waals surface area contributed by atoms with Gasteiger partial charge in [-0.2, -0.15) is 0 Å². The number of amides is 3. The molecule has 1 aromatic carbocycles. The number of carbonyl (C=O) groups excluding carboxylic acids is 2. The van der Waals surface area contributed by atoms with Crippen LogP contribution in [0.5, 0.6) is 5.75 Å². The van der Waals surface area contributed by atoms with Crippen molar-refractivity contribution in [1.82, 2.24) is 9.96 Å². The molecule has 0 spiro atoms. The van der Waals surface area contributed by atoms with E-state index in [0.29, 0.717) is 23.1 Å². The minimum absolute atomic E-state index is 0.246. The van der Waals surface area contributed by atoms with Crippen molar-refractivity contribution in [3.05, 3.63) is 28.2 Å². The van der Waals surface area contributed by atoms with Gasteiger partial charge in [-0.15, -0.1) is 0 Å². The molecule has 120 valence electrons. The summed E-state index contributed by atoms with van der Waals surface area (Å²) in [5.41, 5.74) is 0. The van der Waals surface area contributed by atoms with Gasteiger partial charge in [-0.3, -0.25) is 4.79 Å². The molecule has 5 nitrogen and oxygen atoms in total. The van der Waals surface area contributed by atoms with Crippen molar-refractivity contribution in [2.75, 3.05) is 13.1 Å². The Bertz CT molecular complexity index is 537. The van der Waals surface area contributed by atoms with Crippen LogP contribution in [0.1, 0.15) is 32.6 Å². The van der Waals surface area contributed by atoms with Gasteiger partial charge in [0.1, 0.15) is 0 Å². The number of urea groups is 1. The van der Waals surface area contributed by atoms with E-state index in [2.05, 4.69) is 0 Å². The number of halogens is 2. The van der Waals surface area contributed by atoms with E-state index in [1.165, 1.54) is 19.1 Å². The molecular weight excluding hydrogens is 327 g/mol. The second-order valence-corrected chi connectivity index (χ2v) is 6.07. The third kappa shape index (κ3) is 4.52. The van der Waals surface area contributed by atoms with Crippen LogP contribution in [-0.2, 0) is 4.79 Å². The van der Waals surface area contributed by atoms with Gasteiger partial charge in [-0.25, -0.2) is 4.79 Å². The van der Waals surface area contributed by atoms with Crippen molar-refractivity contribution in [2.24, 2.45) is 0 Å². The van der Waals surface area contributed by atoms with Gasteiger partial charge in [0.05, 0.1) is 0 Å². The maximum absolute atomic E-state index is 12.5. The lowest BCUT2D eigenvalue weighted by molar-refractivity contribution is -0.146. The second-order valence-electron chi connectivity index (χ2n) is 5.19. The molecule has 0 aromatic heterocycles. The van der Waals surface area contributed by atoms with E-state index in [1.807, 2.05) is 0 Å². The molecular formula is C15H18Cl2N2O3. The standard InChI is InChI=1S/C15H18Cl2N2O3/c1-11(20)19(15(21)18-6-4-2-3-5-7-18)22-14-9-12(16)8-13(17)10-14/h8-10H,2-7H2,1H3. The highest BCUT2D eigenvalue weighted by Crippen LogP contribution is 2.25. The monoisotopic (exact) mass is 344 g/mol. The fourth-order valence-corrected chi connectivity index (χ4v) is 2.82. The average molecular weight is 345 g/mol. The number of rotatable bonds is 2. The SMILES string of the molecule is CC(=O)N(Oc1cc(Cl)cc(Cl)c1)C(=O)N1CCCCCC1. The molecule has 0 N–H and O–H groups in total. The zero-order valence-corrected chi connectivity index (χ0v) is 13.9. The Balaban J connectivity index is 2.14. The minimum Gasteiger partial charge on any atom is -0.367 e. The van der Waals surface area contributed by atoms with E-state index < -0.39 is 11.9 Å². The van der Waals surface area contributed by atoms with Crippen molar-refractivity contribution in [3.8, 4) is 5.75 Å². The number of imide groups is 1. The van der Waals surface area contributed by atoms with Crippen LogP contribution in [0.25, 0.3) is 0 Å². The highest BCUT2D eigenvalue weighted by atomic mass is 35.5. The molecule has 0 atom stereocenters. The molecule has 1 heterocycles. The van der Waals surface area contributed by atoms with E-state index in [4.69, 9.17) is 28.0 Å². The average Bonchev–Trinajstić information content (AvgIpc) is 2.71. The van der Waals surface area contributed by atoms with Crippen LogP contribution in [0.15, 0.2) is 18.2 Å². The first-order valence-electron chi connectivity index (χ1n) is 7.21. The van der Waals surface area contributed by atoms with Crippen molar-refractivity contribution in [1.29, 1.82) is 0 Å². The Morgan fingerprint density at radius 3 is 2.09 bits per heavy atom. The quantitative estimate of drug-likeness (QED) is 0.757. The summed E-state index contributed by atoms with van der Waals surface area (Å²) in [6.07, 6.45) is 4.05. The second kappa shape index (κ2) is 7.70. The number of benzene rings is 1. The predicted octanol–water partition coefficient (Wildman–Crippen LogP) is 4.13. The largest absolute Gasteiger partial charge is 0.367 e. The zero-order chi connectivity index (χ0) is 16.1. The van der Waals surface area contributed by atoms with Gasteiger partial charge in [0.15, 0.2) is 5.75 Å². The van der Waals surface area contributed by atoms with E-state index >= 15 is 0 Å². The minimum atomic E-state index is -0.495. The van der Waals surface area contributed by atoms with E-state index in [-0.39, 0.29) is 5.75 Å². The van der Waals surface area contributed by atoms with Crippen LogP contribution < -0.4 is 4.84 Å². The Labute approximate surface area is 139 Å². The molecule has 1 saturated heterocycles. The molecule has 1 fully saturated rings. The normalized spacial score (nSPS) is 15.1. The van der Waals surface area contributed by atoms with Gasteiger partial charge >= 0.3 is 6.03 Å². The van der Waals surface area contributed by atoms with Crippen LogP contribution in [0.4, 0.5) is 4.79 Å². The summed E-state index contributed by atoms with van der Waals surface area (Å²) in [4.78, 5) is 31.3. The van der Waals surface area contributed by atoms with Gasteiger partial charge in [-0.1, -0.05) is 41.1 Å². The smallest absolute Gasteiger partial charge is 0.360 e. The van der Waals surface area contributed by atoms with Crippen molar-refractivity contribution in [2.45, 2.75) is 32.6 Å². The number of likely N-dealkylation sites (tertiary alicyclic amines) is 1. The van der Waals surface area contributed by atoms with Crippen LogP contribution in [0, 0.1) is 0 Å². The number of carbonyl (C=O) groups is 2. The van der Waals surface area contributed by atoms with E-state index in [1.54, 1.807) is 11.0 Å². The van der Waals surface area contributed by atoms with Crippen molar-refractivity contribution < 1.29 is 14.4 Å². The molecule has 0 unspecified atom stereocenters. The van der Waals surface area contributed by atoms with Crippen molar-refractivity contribution >= 4 is 35.1 Å². The molecule has 1 aliphatic rings. The topological polar surface area (TPSA) is 49.9 Å². The molecule has 0 saturated carbocycles. The maximum Gasteiger partial charge on any atom is 0.360 e. The maximum atomic E-state index is 12.5. The fraction of sp³-hybridized carbons (Fsp3) is 0.467. The summed E-state index contributed by atoms with van der Waals surface area (Å²) in [7, 11) is 0. The molecule has 0 radical (unpaired) electrons. The molecule has 1 aliphatic heterocycles. The Morgan fingerprint density at radius 2 is 1.59 bits per heavy atom. The lowest BCUT2D eigenvalue weighted by Gasteiger charge is -2.27. The van der Waals surface area contributed by atoms with Crippen LogP contribution >= 0.6 is 23.2 Å². The summed E-state index contributed by atoms with van der Waals surface area (Å²) in [6.45, 7) is 2.53. The number of hydrogen-bond acceptors (Lipinski definition) is 3. The fourth-order valence-electron chi connectivity index (χ4n) is 2.32. The van der Waals surface area contributed by atoms with Gasteiger partial charge in [-0.05, 0) is 18.9 Å². The first kappa shape index (κ1) is 16.9. The summed E-state index contributed by atoms with van der Waals surface area (Å²) in [5.74, 6) is -0.249. The first-order chi connectivity index (χ1) is 10.5. The first-order valence-corrected chi connectivity index (χ1v) is 7.96. The predicted molar refractivity (Wildman–Crippen MR) is 85.0 cm³/mol. The van der Waals surface area contributed by atoms with Crippen LogP contribution in [0.2, 0.25) is 10.0 Å². The molecule has 22 heavy (non-hydrogen) atoms. The third-order valence-electron chi connectivity index (χ3n) is 3.37. The van der Waals surface area contributed by atoms with Crippen molar-refractivity contribution in [3.63, 3.8) is 0 Å². The van der Waals surface area contributed by atoms with Gasteiger partial charge < -0.3 is 9.74 Å². The lowest BCUT2D eigenvalue weighted by atomic mass is 10.2. The number of hydroxylamine groups is 2. The van der Waals surface area contributed by atoms with Gasteiger partial charge in [0, 0.05) is 42.2 Å². The number of nitrogens with zero attached hydrogens (tertiary/aromatic N) is 2. The van der Waals surface area contributed by atoms with E-state index in [9.17, 15) is 9.59 Å². The third-order valence-corrected chi connectivity index (χ3v) is 3.81. The zero-order valence-electron chi connectivity index (χ0n) is 12.3. The Morgan fingerprint density at radius 1 is 1.05 bits per heavy atom. The molecule has 2 rings (SSSR count). The molecule has 3 amide bonds. The Hall–Kier alpha value is -1.46. The summed E-state index contributed by atoms with van der Waals surface area (Å²) >= 11 is 11.8. The molecule has 7 heteroatoms. The van der Waals surface area contributed by atoms with Gasteiger partial charge in [0.2, 0.25) is 0 Å². The lowest BCUT2D eigenvalue weighted by Crippen LogP contribution is -2.47.